The second-order valence-electron chi connectivity index (χ2n) is 5.39. The molecular weight excluding hydrogens is 344 g/mol. The quantitative estimate of drug-likeness (QED) is 0.247. The van der Waals surface area contributed by atoms with E-state index in [4.69, 9.17) is 9.47 Å². The van der Waals surface area contributed by atoms with Crippen molar-refractivity contribution in [3.05, 3.63) is 39.6 Å². The molecular formula is C17H22N2O5S. The van der Waals surface area contributed by atoms with Crippen LogP contribution in [0.4, 0.5) is 5.69 Å². The van der Waals surface area contributed by atoms with Gasteiger partial charge in [0, 0.05) is 13.7 Å². The standard InChI is InChI=1S/C17H22N2O5S/c1-10-8-25-16(17(22)24-3)15(10)19-9-18-7-14(23-2)11-4-5-12(20)13(21)6-11/h4-6,8,14,18-21H,7,9H2,1-3H3. The van der Waals surface area contributed by atoms with Gasteiger partial charge in [-0.15, -0.1) is 11.3 Å². The first-order valence-corrected chi connectivity index (χ1v) is 8.51. The van der Waals surface area contributed by atoms with Crippen LogP contribution < -0.4 is 10.6 Å². The van der Waals surface area contributed by atoms with E-state index in [1.807, 2.05) is 12.3 Å². The Hall–Kier alpha value is -2.29. The number of thiophene rings is 1. The van der Waals surface area contributed by atoms with Gasteiger partial charge in [0.2, 0.25) is 0 Å². The first-order valence-electron chi connectivity index (χ1n) is 7.63. The van der Waals surface area contributed by atoms with Gasteiger partial charge in [-0.1, -0.05) is 6.07 Å². The number of carbonyl (C=O) groups excluding carboxylic acids is 1. The lowest BCUT2D eigenvalue weighted by molar-refractivity contribution is 0.0607. The SMILES string of the molecule is COC(=O)c1scc(C)c1NCNCC(OC)c1ccc(O)c(O)c1. The fourth-order valence-electron chi connectivity index (χ4n) is 2.34. The van der Waals surface area contributed by atoms with Gasteiger partial charge >= 0.3 is 5.97 Å². The summed E-state index contributed by atoms with van der Waals surface area (Å²) in [6.07, 6.45) is -0.294. The fourth-order valence-corrected chi connectivity index (χ4v) is 3.28. The zero-order valence-corrected chi connectivity index (χ0v) is 15.1. The molecule has 7 nitrogen and oxygen atoms in total. The topological polar surface area (TPSA) is 100 Å². The third kappa shape index (κ3) is 4.62. The number of methoxy groups -OCH3 is 2. The van der Waals surface area contributed by atoms with Gasteiger partial charge in [-0.25, -0.2) is 4.79 Å². The minimum Gasteiger partial charge on any atom is -0.504 e. The lowest BCUT2D eigenvalue weighted by atomic mass is 10.1. The number of esters is 1. The molecule has 0 saturated heterocycles. The van der Waals surface area contributed by atoms with Crippen molar-refractivity contribution in [3.63, 3.8) is 0 Å². The number of aromatic hydroxyl groups is 2. The van der Waals surface area contributed by atoms with E-state index < -0.39 is 0 Å². The van der Waals surface area contributed by atoms with Crippen molar-refractivity contribution in [2.75, 3.05) is 32.7 Å². The number of phenols is 2. The molecule has 0 radical (unpaired) electrons. The van der Waals surface area contributed by atoms with Gasteiger partial charge < -0.3 is 25.0 Å². The van der Waals surface area contributed by atoms with Crippen LogP contribution in [0.5, 0.6) is 11.5 Å². The van der Waals surface area contributed by atoms with Gasteiger partial charge in [-0.3, -0.25) is 5.32 Å². The van der Waals surface area contributed by atoms with E-state index >= 15 is 0 Å². The number of rotatable bonds is 8. The fraction of sp³-hybridized carbons (Fsp3) is 0.353. The highest BCUT2D eigenvalue weighted by Crippen LogP contribution is 2.29. The average molecular weight is 366 g/mol. The summed E-state index contributed by atoms with van der Waals surface area (Å²) < 4.78 is 10.2. The summed E-state index contributed by atoms with van der Waals surface area (Å²) in [7, 11) is 2.93. The Balaban J connectivity index is 1.92. The molecule has 1 atom stereocenters. The van der Waals surface area contributed by atoms with E-state index in [-0.39, 0.29) is 23.6 Å². The van der Waals surface area contributed by atoms with E-state index in [0.29, 0.717) is 18.1 Å². The second kappa shape index (κ2) is 8.70. The highest BCUT2D eigenvalue weighted by Gasteiger charge is 2.17. The van der Waals surface area contributed by atoms with Crippen molar-refractivity contribution >= 4 is 23.0 Å². The van der Waals surface area contributed by atoms with Crippen LogP contribution >= 0.6 is 11.3 Å². The summed E-state index contributed by atoms with van der Waals surface area (Å²) in [5.74, 6) is -0.722. The molecule has 2 aromatic rings. The van der Waals surface area contributed by atoms with Gasteiger partial charge in [0.15, 0.2) is 11.5 Å². The molecule has 136 valence electrons. The van der Waals surface area contributed by atoms with Crippen LogP contribution in [0.1, 0.15) is 26.9 Å². The van der Waals surface area contributed by atoms with Gasteiger partial charge in [0.05, 0.1) is 25.6 Å². The Kier molecular flexibility index (Phi) is 6.63. The van der Waals surface area contributed by atoms with Gasteiger partial charge in [0.1, 0.15) is 4.88 Å². The summed E-state index contributed by atoms with van der Waals surface area (Å²) in [4.78, 5) is 12.3. The molecule has 2 rings (SSSR count). The van der Waals surface area contributed by atoms with Gasteiger partial charge in [0.25, 0.3) is 0 Å². The normalized spacial score (nSPS) is 12.0. The summed E-state index contributed by atoms with van der Waals surface area (Å²) in [6.45, 7) is 2.82. The molecule has 25 heavy (non-hydrogen) atoms. The number of phenolic OH excluding ortho intramolecular Hbond substituents is 2. The van der Waals surface area contributed by atoms with Crippen LogP contribution in [0, 0.1) is 6.92 Å². The molecule has 8 heteroatoms. The second-order valence-corrected chi connectivity index (χ2v) is 6.27. The van der Waals surface area contributed by atoms with Crippen LogP contribution in [0.25, 0.3) is 0 Å². The van der Waals surface area contributed by atoms with E-state index in [2.05, 4.69) is 10.6 Å². The Labute approximate surface area is 150 Å². The maximum Gasteiger partial charge on any atom is 0.350 e. The molecule has 0 fully saturated rings. The van der Waals surface area contributed by atoms with E-state index in [1.54, 1.807) is 13.2 Å². The first kappa shape index (κ1) is 19.0. The van der Waals surface area contributed by atoms with Crippen molar-refractivity contribution < 1.29 is 24.5 Å². The number of anilines is 1. The van der Waals surface area contributed by atoms with Crippen LogP contribution in [0.3, 0.4) is 0 Å². The maximum absolute atomic E-state index is 11.7. The van der Waals surface area contributed by atoms with Gasteiger partial charge in [-0.2, -0.15) is 0 Å². The number of hydrogen-bond donors (Lipinski definition) is 4. The Morgan fingerprint density at radius 1 is 1.28 bits per heavy atom. The van der Waals surface area contributed by atoms with Crippen molar-refractivity contribution in [2.24, 2.45) is 0 Å². The van der Waals surface area contributed by atoms with E-state index in [0.717, 1.165) is 16.8 Å². The molecule has 0 aliphatic heterocycles. The highest BCUT2D eigenvalue weighted by molar-refractivity contribution is 7.12. The lowest BCUT2D eigenvalue weighted by Crippen LogP contribution is -2.28. The molecule has 1 unspecified atom stereocenters. The largest absolute Gasteiger partial charge is 0.504 e. The first-order chi connectivity index (χ1) is 12.0. The number of benzene rings is 1. The number of carbonyl (C=O) groups is 1. The lowest BCUT2D eigenvalue weighted by Gasteiger charge is -2.18. The number of hydrogen-bond acceptors (Lipinski definition) is 8. The summed E-state index contributed by atoms with van der Waals surface area (Å²) in [6, 6.07) is 4.58. The van der Waals surface area contributed by atoms with Crippen LogP contribution in [-0.4, -0.2) is 43.6 Å². The zero-order valence-electron chi connectivity index (χ0n) is 14.3. The molecule has 0 aliphatic carbocycles. The number of aryl methyl sites for hydroxylation is 1. The molecule has 0 spiro atoms. The maximum atomic E-state index is 11.7. The van der Waals surface area contributed by atoms with Crippen molar-refractivity contribution in [1.29, 1.82) is 0 Å². The molecule has 4 N–H and O–H groups in total. The predicted molar refractivity (Wildman–Crippen MR) is 96.4 cm³/mol. The molecule has 0 saturated carbocycles. The Bertz CT molecular complexity index is 732. The van der Waals surface area contributed by atoms with Crippen molar-refractivity contribution in [1.82, 2.24) is 5.32 Å². The minimum atomic E-state index is -0.366. The van der Waals surface area contributed by atoms with Crippen molar-refractivity contribution in [2.45, 2.75) is 13.0 Å². The predicted octanol–water partition coefficient (Wildman–Crippen LogP) is 2.60. The van der Waals surface area contributed by atoms with Crippen LogP contribution in [0.2, 0.25) is 0 Å². The smallest absolute Gasteiger partial charge is 0.350 e. The summed E-state index contributed by atoms with van der Waals surface area (Å²) >= 11 is 1.34. The zero-order chi connectivity index (χ0) is 18.4. The summed E-state index contributed by atoms with van der Waals surface area (Å²) in [5.41, 5.74) is 2.46. The third-order valence-electron chi connectivity index (χ3n) is 3.72. The Morgan fingerprint density at radius 2 is 2.04 bits per heavy atom. The molecule has 0 amide bonds. The number of nitrogens with one attached hydrogen (secondary N) is 2. The van der Waals surface area contributed by atoms with Gasteiger partial charge in [-0.05, 0) is 35.6 Å². The molecule has 0 bridgehead atoms. The Morgan fingerprint density at radius 3 is 2.68 bits per heavy atom. The minimum absolute atomic E-state index is 0.170. The van der Waals surface area contributed by atoms with Crippen molar-refractivity contribution in [3.8, 4) is 11.5 Å². The highest BCUT2D eigenvalue weighted by atomic mass is 32.1. The van der Waals surface area contributed by atoms with Crippen LogP contribution in [-0.2, 0) is 9.47 Å². The average Bonchev–Trinajstić information content (AvgIpc) is 2.97. The molecule has 1 aromatic heterocycles. The molecule has 1 heterocycles. The van der Waals surface area contributed by atoms with E-state index in [9.17, 15) is 15.0 Å². The molecule has 0 aliphatic rings. The third-order valence-corrected chi connectivity index (χ3v) is 4.80. The molecule has 1 aromatic carbocycles. The van der Waals surface area contributed by atoms with E-state index in [1.165, 1.54) is 30.6 Å². The number of ether oxygens (including phenoxy) is 2. The van der Waals surface area contributed by atoms with Crippen LogP contribution in [0.15, 0.2) is 23.6 Å². The monoisotopic (exact) mass is 366 g/mol. The summed E-state index contributed by atoms with van der Waals surface area (Å²) in [5, 5.41) is 27.2.